The molecule has 3 N–H and O–H groups in total. The molecule has 0 unspecified atom stereocenters. The van der Waals surface area contributed by atoms with Crippen molar-refractivity contribution >= 4 is 32.9 Å². The van der Waals surface area contributed by atoms with Gasteiger partial charge in [-0.1, -0.05) is 11.6 Å². The molecule has 0 aliphatic rings. The molecule has 0 saturated carbocycles. The van der Waals surface area contributed by atoms with E-state index in [0.717, 1.165) is 0 Å². The molecular weight excluding hydrogens is 419 g/mol. The van der Waals surface area contributed by atoms with Crippen LogP contribution in [0.3, 0.4) is 0 Å². The first-order valence-electron chi connectivity index (χ1n) is 8.94. The van der Waals surface area contributed by atoms with Crippen LogP contribution in [0.4, 0.5) is 10.2 Å². The monoisotopic (exact) mass is 440 g/mol. The maximum absolute atomic E-state index is 14.5. The third kappa shape index (κ3) is 3.82. The smallest absolute Gasteiger partial charge is 0.224 e. The predicted molar refractivity (Wildman–Crippen MR) is 110 cm³/mol. The standard InChI is InChI=1S/C19H22ClFN4O3S/c1-19(2,3)29(27,28)15-10-25-14(12-8-13(20)18(22)24-17(12)21)9-23-16(25)7-11(15)5-4-6-26/h7-10,26H,4-6H2,1-3H3,(H2,22,24). The number of anilines is 1. The Labute approximate surface area is 173 Å². The van der Waals surface area contributed by atoms with Gasteiger partial charge in [0.15, 0.2) is 9.84 Å². The van der Waals surface area contributed by atoms with Crippen molar-refractivity contribution in [3.8, 4) is 11.3 Å². The van der Waals surface area contributed by atoms with Crippen molar-refractivity contribution in [3.05, 3.63) is 41.1 Å². The number of imidazole rings is 1. The average Bonchev–Trinajstić information content (AvgIpc) is 3.03. The quantitative estimate of drug-likeness (QED) is 0.589. The molecular formula is C19H22ClFN4O3S. The Bertz CT molecular complexity index is 1190. The number of fused-ring (bicyclic) bond motifs is 1. The minimum Gasteiger partial charge on any atom is -0.396 e. The number of rotatable bonds is 5. The van der Waals surface area contributed by atoms with E-state index in [0.29, 0.717) is 29.7 Å². The van der Waals surface area contributed by atoms with Gasteiger partial charge < -0.3 is 10.8 Å². The van der Waals surface area contributed by atoms with Gasteiger partial charge in [0.25, 0.3) is 0 Å². The lowest BCUT2D eigenvalue weighted by atomic mass is 10.1. The van der Waals surface area contributed by atoms with E-state index >= 15 is 0 Å². The number of aliphatic hydroxyl groups is 1. The molecule has 3 aromatic rings. The largest absolute Gasteiger partial charge is 0.396 e. The predicted octanol–water partition coefficient (Wildman–Crippen LogP) is 3.27. The van der Waals surface area contributed by atoms with E-state index in [1.807, 2.05) is 0 Å². The number of hydrogen-bond acceptors (Lipinski definition) is 6. The summed E-state index contributed by atoms with van der Waals surface area (Å²) >= 11 is 6.00. The molecule has 0 amide bonds. The van der Waals surface area contributed by atoms with E-state index in [9.17, 15) is 17.9 Å². The fourth-order valence-electron chi connectivity index (χ4n) is 2.94. The minimum atomic E-state index is -3.72. The van der Waals surface area contributed by atoms with Gasteiger partial charge in [0.05, 0.1) is 32.1 Å². The van der Waals surface area contributed by atoms with Gasteiger partial charge in [0.1, 0.15) is 11.5 Å². The summed E-state index contributed by atoms with van der Waals surface area (Å²) in [5, 5.41) is 9.27. The van der Waals surface area contributed by atoms with Crippen molar-refractivity contribution in [1.29, 1.82) is 0 Å². The number of nitrogen functional groups attached to an aromatic ring is 1. The lowest BCUT2D eigenvalue weighted by Crippen LogP contribution is -2.29. The number of aromatic nitrogens is 3. The Morgan fingerprint density at radius 1 is 1.31 bits per heavy atom. The van der Waals surface area contributed by atoms with E-state index in [4.69, 9.17) is 17.3 Å². The highest BCUT2D eigenvalue weighted by Crippen LogP contribution is 2.33. The Balaban J connectivity index is 2.31. The van der Waals surface area contributed by atoms with Gasteiger partial charge >= 0.3 is 0 Å². The zero-order valence-electron chi connectivity index (χ0n) is 16.3. The summed E-state index contributed by atoms with van der Waals surface area (Å²) in [5.74, 6) is -0.970. The molecule has 0 atom stereocenters. The van der Waals surface area contributed by atoms with E-state index < -0.39 is 20.5 Å². The molecule has 0 aliphatic heterocycles. The molecule has 3 rings (SSSR count). The molecule has 3 aromatic heterocycles. The Morgan fingerprint density at radius 3 is 2.62 bits per heavy atom. The number of sulfone groups is 1. The second-order valence-corrected chi connectivity index (χ2v) is 10.7. The van der Waals surface area contributed by atoms with Crippen LogP contribution in [-0.4, -0.2) is 39.2 Å². The Hall–Kier alpha value is -2.23. The highest BCUT2D eigenvalue weighted by atomic mass is 35.5. The van der Waals surface area contributed by atoms with Crippen LogP contribution in [-0.2, 0) is 16.3 Å². The molecule has 0 fully saturated rings. The van der Waals surface area contributed by atoms with Crippen LogP contribution >= 0.6 is 11.6 Å². The first-order valence-corrected chi connectivity index (χ1v) is 10.8. The minimum absolute atomic E-state index is 0.0546. The number of hydrogen-bond donors (Lipinski definition) is 2. The third-order valence-corrected chi connectivity index (χ3v) is 7.49. The Kier molecular flexibility index (Phi) is 5.59. The van der Waals surface area contributed by atoms with E-state index in [-0.39, 0.29) is 27.9 Å². The first kappa shape index (κ1) is 21.5. The van der Waals surface area contributed by atoms with Crippen LogP contribution in [0.25, 0.3) is 16.9 Å². The SMILES string of the molecule is CC(C)(C)S(=O)(=O)c1cn2c(-c3cc(Cl)c(N)nc3F)cnc2cc1CCCO. The first-order chi connectivity index (χ1) is 13.5. The summed E-state index contributed by atoms with van der Waals surface area (Å²) < 4.78 is 41.3. The summed E-state index contributed by atoms with van der Waals surface area (Å²) in [6, 6.07) is 2.97. The summed E-state index contributed by atoms with van der Waals surface area (Å²) in [7, 11) is -3.72. The molecule has 156 valence electrons. The highest BCUT2D eigenvalue weighted by molar-refractivity contribution is 7.92. The molecule has 29 heavy (non-hydrogen) atoms. The molecule has 0 aliphatic carbocycles. The van der Waals surface area contributed by atoms with Crippen molar-refractivity contribution in [3.63, 3.8) is 0 Å². The van der Waals surface area contributed by atoms with Crippen LogP contribution in [0, 0.1) is 5.95 Å². The second-order valence-electron chi connectivity index (χ2n) is 7.67. The fourth-order valence-corrected chi connectivity index (χ4v) is 4.50. The second kappa shape index (κ2) is 7.55. The zero-order valence-corrected chi connectivity index (χ0v) is 17.9. The van der Waals surface area contributed by atoms with Gasteiger partial charge in [-0.25, -0.2) is 18.4 Å². The summed E-state index contributed by atoms with van der Waals surface area (Å²) in [5.41, 5.74) is 6.88. The van der Waals surface area contributed by atoms with E-state index in [2.05, 4.69) is 9.97 Å². The number of aliphatic hydroxyl groups excluding tert-OH is 1. The van der Waals surface area contributed by atoms with Crippen LogP contribution < -0.4 is 5.73 Å². The van der Waals surface area contributed by atoms with Crippen LogP contribution in [0.15, 0.2) is 29.4 Å². The average molecular weight is 441 g/mol. The summed E-state index contributed by atoms with van der Waals surface area (Å²) in [4.78, 5) is 7.99. The fraction of sp³-hybridized carbons (Fsp3) is 0.368. The lowest BCUT2D eigenvalue weighted by molar-refractivity contribution is 0.288. The number of nitrogens with two attached hydrogens (primary N) is 1. The molecule has 3 heterocycles. The van der Waals surface area contributed by atoms with Gasteiger partial charge in [-0.05, 0) is 51.3 Å². The zero-order chi connectivity index (χ0) is 21.6. The summed E-state index contributed by atoms with van der Waals surface area (Å²) in [6.45, 7) is 4.77. The molecule has 10 heteroatoms. The van der Waals surface area contributed by atoms with Crippen molar-refractivity contribution in [1.82, 2.24) is 14.4 Å². The van der Waals surface area contributed by atoms with Crippen molar-refractivity contribution in [2.75, 3.05) is 12.3 Å². The number of aryl methyl sites for hydroxylation is 1. The molecule has 0 bridgehead atoms. The van der Waals surface area contributed by atoms with Crippen LogP contribution in [0.5, 0.6) is 0 Å². The topological polar surface area (TPSA) is 111 Å². The number of halogens is 2. The molecule has 0 spiro atoms. The Morgan fingerprint density at radius 2 is 2.00 bits per heavy atom. The van der Waals surface area contributed by atoms with Gasteiger partial charge in [0, 0.05) is 12.8 Å². The van der Waals surface area contributed by atoms with E-state index in [1.165, 1.54) is 22.9 Å². The molecule has 0 aromatic carbocycles. The molecule has 0 saturated heterocycles. The number of pyridine rings is 2. The van der Waals surface area contributed by atoms with Crippen molar-refractivity contribution < 1.29 is 17.9 Å². The maximum Gasteiger partial charge on any atom is 0.224 e. The normalized spacial score (nSPS) is 12.6. The van der Waals surface area contributed by atoms with Gasteiger partial charge in [-0.3, -0.25) is 4.40 Å². The van der Waals surface area contributed by atoms with Gasteiger partial charge in [0.2, 0.25) is 5.95 Å². The van der Waals surface area contributed by atoms with E-state index in [1.54, 1.807) is 26.8 Å². The van der Waals surface area contributed by atoms with Crippen LogP contribution in [0.2, 0.25) is 5.02 Å². The van der Waals surface area contributed by atoms with Crippen LogP contribution in [0.1, 0.15) is 32.8 Å². The number of nitrogens with zero attached hydrogens (tertiary/aromatic N) is 3. The van der Waals surface area contributed by atoms with Gasteiger partial charge in [-0.2, -0.15) is 4.39 Å². The molecule has 7 nitrogen and oxygen atoms in total. The summed E-state index contributed by atoms with van der Waals surface area (Å²) in [6.07, 6.45) is 3.63. The molecule has 0 radical (unpaired) electrons. The van der Waals surface area contributed by atoms with Crippen molar-refractivity contribution in [2.45, 2.75) is 43.3 Å². The highest BCUT2D eigenvalue weighted by Gasteiger charge is 2.33. The third-order valence-electron chi connectivity index (χ3n) is 4.62. The lowest BCUT2D eigenvalue weighted by Gasteiger charge is -2.22. The van der Waals surface area contributed by atoms with Gasteiger partial charge in [-0.15, -0.1) is 0 Å². The maximum atomic E-state index is 14.5. The van der Waals surface area contributed by atoms with Crippen molar-refractivity contribution in [2.24, 2.45) is 0 Å².